The van der Waals surface area contributed by atoms with Gasteiger partial charge in [0.15, 0.2) is 0 Å². The zero-order valence-electron chi connectivity index (χ0n) is 7.27. The number of fused-ring (bicyclic) bond motifs is 1. The Balaban J connectivity index is 2.76. The van der Waals surface area contributed by atoms with Crippen molar-refractivity contribution in [2.24, 2.45) is 0 Å². The predicted octanol–water partition coefficient (Wildman–Crippen LogP) is 2.39. The largest absolute Gasteiger partial charge is 0.398 e. The Morgan fingerprint density at radius 1 is 1.36 bits per heavy atom. The van der Waals surface area contributed by atoms with E-state index in [1.54, 1.807) is 12.3 Å². The van der Waals surface area contributed by atoms with Crippen molar-refractivity contribution < 1.29 is 0 Å². The highest BCUT2D eigenvalue weighted by Gasteiger charge is 2.04. The van der Waals surface area contributed by atoms with Gasteiger partial charge in [0, 0.05) is 22.2 Å². The van der Waals surface area contributed by atoms with Gasteiger partial charge in [-0.15, -0.1) is 0 Å². The van der Waals surface area contributed by atoms with Crippen molar-refractivity contribution in [3.05, 3.63) is 30.5 Å². The normalized spacial score (nSPS) is 9.93. The van der Waals surface area contributed by atoms with Gasteiger partial charge in [-0.05, 0) is 36.0 Å². The Morgan fingerprint density at radius 2 is 2.21 bits per heavy atom. The molecular weight excluding hydrogens is 194 g/mol. The van der Waals surface area contributed by atoms with E-state index in [-0.39, 0.29) is 0 Å². The second-order valence-electron chi connectivity index (χ2n) is 2.75. The van der Waals surface area contributed by atoms with Crippen LogP contribution < -0.4 is 5.73 Å². The van der Waals surface area contributed by atoms with Crippen LogP contribution in [0.3, 0.4) is 0 Å². The van der Waals surface area contributed by atoms with Gasteiger partial charge in [0.1, 0.15) is 5.40 Å². The second kappa shape index (κ2) is 3.56. The summed E-state index contributed by atoms with van der Waals surface area (Å²) in [6, 6.07) is 7.35. The summed E-state index contributed by atoms with van der Waals surface area (Å²) in [5.74, 6) is 0. The number of rotatable bonds is 1. The van der Waals surface area contributed by atoms with Crippen LogP contribution in [0, 0.1) is 10.7 Å². The van der Waals surface area contributed by atoms with Crippen molar-refractivity contribution in [1.29, 1.82) is 5.26 Å². The summed E-state index contributed by atoms with van der Waals surface area (Å²) in [6.07, 6.45) is 1.70. The highest BCUT2D eigenvalue weighted by Crippen LogP contribution is 2.28. The van der Waals surface area contributed by atoms with Gasteiger partial charge >= 0.3 is 0 Å². The summed E-state index contributed by atoms with van der Waals surface area (Å²) in [5, 5.41) is 11.5. The molecule has 0 aliphatic carbocycles. The van der Waals surface area contributed by atoms with E-state index in [2.05, 4.69) is 4.98 Å². The van der Waals surface area contributed by atoms with Crippen LogP contribution in [-0.2, 0) is 0 Å². The van der Waals surface area contributed by atoms with Gasteiger partial charge < -0.3 is 5.73 Å². The summed E-state index contributed by atoms with van der Waals surface area (Å²) in [7, 11) is 0. The number of thioether (sulfide) groups is 1. The minimum absolute atomic E-state index is 0.690. The van der Waals surface area contributed by atoms with Gasteiger partial charge in [0.2, 0.25) is 0 Å². The molecule has 0 atom stereocenters. The van der Waals surface area contributed by atoms with Crippen LogP contribution in [0.4, 0.5) is 5.69 Å². The van der Waals surface area contributed by atoms with E-state index in [0.29, 0.717) is 5.69 Å². The molecule has 2 aromatic rings. The molecule has 0 aliphatic rings. The number of aromatic nitrogens is 1. The molecule has 0 aliphatic heterocycles. The number of nitrogens with two attached hydrogens (primary N) is 1. The van der Waals surface area contributed by atoms with Crippen molar-refractivity contribution in [2.45, 2.75) is 4.90 Å². The third kappa shape index (κ3) is 1.38. The van der Waals surface area contributed by atoms with E-state index in [4.69, 9.17) is 11.0 Å². The quantitative estimate of drug-likeness (QED) is 0.437. The number of hydrogen-bond donors (Lipinski definition) is 1. The lowest BCUT2D eigenvalue weighted by atomic mass is 10.2. The van der Waals surface area contributed by atoms with Crippen LogP contribution in [0.25, 0.3) is 10.9 Å². The van der Waals surface area contributed by atoms with Gasteiger partial charge in [-0.3, -0.25) is 4.98 Å². The number of anilines is 1. The fraction of sp³-hybridized carbons (Fsp3) is 0. The van der Waals surface area contributed by atoms with Crippen LogP contribution in [0.5, 0.6) is 0 Å². The van der Waals surface area contributed by atoms with Crippen LogP contribution in [0.15, 0.2) is 35.4 Å². The van der Waals surface area contributed by atoms with E-state index < -0.39 is 0 Å². The van der Waals surface area contributed by atoms with Crippen molar-refractivity contribution >= 4 is 28.4 Å². The molecule has 1 heterocycles. The minimum Gasteiger partial charge on any atom is -0.398 e. The molecule has 0 saturated carbocycles. The Kier molecular flexibility index (Phi) is 2.25. The average Bonchev–Trinajstić information content (AvgIpc) is 2.23. The molecule has 0 amide bonds. The lowest BCUT2D eigenvalue weighted by Gasteiger charge is -2.03. The first kappa shape index (κ1) is 8.85. The van der Waals surface area contributed by atoms with E-state index in [9.17, 15) is 0 Å². The highest BCUT2D eigenvalue weighted by atomic mass is 32.2. The van der Waals surface area contributed by atoms with E-state index in [1.165, 1.54) is 0 Å². The highest BCUT2D eigenvalue weighted by molar-refractivity contribution is 8.04. The topological polar surface area (TPSA) is 62.7 Å². The molecule has 3 nitrogen and oxygen atoms in total. The van der Waals surface area contributed by atoms with Crippen molar-refractivity contribution in [2.75, 3.05) is 5.73 Å². The Morgan fingerprint density at radius 3 is 3.00 bits per heavy atom. The lowest BCUT2D eigenvalue weighted by molar-refractivity contribution is 1.35. The standard InChI is InChI=1S/C10H7N3S/c11-6-14-9-4-3-8(12)7-2-1-5-13-10(7)9/h1-5H,12H2. The molecule has 0 radical (unpaired) electrons. The predicted molar refractivity (Wildman–Crippen MR) is 57.6 cm³/mol. The first-order valence-electron chi connectivity index (χ1n) is 4.02. The van der Waals surface area contributed by atoms with Crippen molar-refractivity contribution in [3.63, 3.8) is 0 Å². The molecule has 0 fully saturated rings. The zero-order chi connectivity index (χ0) is 9.97. The molecule has 0 saturated heterocycles. The van der Waals surface area contributed by atoms with Crippen LogP contribution >= 0.6 is 11.8 Å². The number of nitrogens with zero attached hydrogens (tertiary/aromatic N) is 2. The van der Waals surface area contributed by atoms with Crippen LogP contribution in [0.1, 0.15) is 0 Å². The summed E-state index contributed by atoms with van der Waals surface area (Å²) < 4.78 is 0. The molecule has 2 N–H and O–H groups in total. The van der Waals surface area contributed by atoms with Crippen molar-refractivity contribution in [1.82, 2.24) is 4.98 Å². The Hall–Kier alpha value is -1.73. The summed E-state index contributed by atoms with van der Waals surface area (Å²) in [4.78, 5) is 5.05. The molecule has 4 heteroatoms. The van der Waals surface area contributed by atoms with E-state index in [0.717, 1.165) is 27.6 Å². The van der Waals surface area contributed by atoms with Gasteiger partial charge in [0.05, 0.1) is 5.52 Å². The molecule has 1 aromatic heterocycles. The fourth-order valence-corrected chi connectivity index (χ4v) is 1.79. The maximum atomic E-state index is 8.60. The minimum atomic E-state index is 0.690. The summed E-state index contributed by atoms with van der Waals surface area (Å²) >= 11 is 1.10. The van der Waals surface area contributed by atoms with Crippen LogP contribution in [-0.4, -0.2) is 4.98 Å². The Bertz CT molecular complexity index is 516. The number of thiocyanates is 1. The molecule has 0 spiro atoms. The molecule has 0 unspecified atom stereocenters. The number of nitrogen functional groups attached to an aromatic ring is 1. The molecule has 2 rings (SSSR count). The number of benzene rings is 1. The van der Waals surface area contributed by atoms with E-state index >= 15 is 0 Å². The van der Waals surface area contributed by atoms with Crippen LogP contribution in [0.2, 0.25) is 0 Å². The van der Waals surface area contributed by atoms with Gasteiger partial charge in [0.25, 0.3) is 0 Å². The molecule has 68 valence electrons. The lowest BCUT2D eigenvalue weighted by Crippen LogP contribution is -1.89. The van der Waals surface area contributed by atoms with Crippen molar-refractivity contribution in [3.8, 4) is 5.40 Å². The SMILES string of the molecule is N#CSc1ccc(N)c2cccnc12. The third-order valence-electron chi connectivity index (χ3n) is 1.92. The Labute approximate surface area is 85.6 Å². The average molecular weight is 201 g/mol. The third-order valence-corrected chi connectivity index (χ3v) is 2.56. The van der Waals surface area contributed by atoms with Gasteiger partial charge in [-0.25, -0.2) is 0 Å². The summed E-state index contributed by atoms with van der Waals surface area (Å²) in [5.41, 5.74) is 7.27. The first-order chi connectivity index (χ1) is 6.83. The smallest absolute Gasteiger partial charge is 0.138 e. The maximum Gasteiger partial charge on any atom is 0.138 e. The molecule has 0 bridgehead atoms. The van der Waals surface area contributed by atoms with E-state index in [1.807, 2.05) is 23.6 Å². The molecule has 1 aromatic carbocycles. The molecular formula is C10H7N3S. The molecule has 14 heavy (non-hydrogen) atoms. The summed E-state index contributed by atoms with van der Waals surface area (Å²) in [6.45, 7) is 0. The number of nitriles is 1. The maximum absolute atomic E-state index is 8.60. The zero-order valence-corrected chi connectivity index (χ0v) is 8.08. The van der Waals surface area contributed by atoms with Gasteiger partial charge in [-0.2, -0.15) is 5.26 Å². The number of pyridine rings is 1. The first-order valence-corrected chi connectivity index (χ1v) is 4.83. The monoisotopic (exact) mass is 201 g/mol. The van der Waals surface area contributed by atoms with Gasteiger partial charge in [-0.1, -0.05) is 0 Å². The number of hydrogen-bond acceptors (Lipinski definition) is 4. The second-order valence-corrected chi connectivity index (χ2v) is 3.57. The fourth-order valence-electron chi connectivity index (χ4n) is 1.30.